The molecule has 2 aliphatic rings. The number of carbonyl (C=O) groups excluding carboxylic acids is 2. The number of amides is 2. The molecule has 2 rings (SSSR count). The molecule has 1 N–H and O–H groups in total. The molecule has 2 amide bonds. The molecule has 0 aliphatic carbocycles. The Morgan fingerprint density at radius 3 is 2.70 bits per heavy atom. The second kappa shape index (κ2) is 5.96. The average molecular weight is 298 g/mol. The van der Waals surface area contributed by atoms with E-state index in [1.807, 2.05) is 23.6 Å². The van der Waals surface area contributed by atoms with Crippen LogP contribution in [0, 0.1) is 5.92 Å². The maximum atomic E-state index is 12.6. The normalized spacial score (nSPS) is 34.8. The van der Waals surface area contributed by atoms with Gasteiger partial charge in [-0.3, -0.25) is 9.59 Å². The van der Waals surface area contributed by atoms with Crippen molar-refractivity contribution in [2.45, 2.75) is 63.8 Å². The Balaban J connectivity index is 2.11. The van der Waals surface area contributed by atoms with E-state index in [9.17, 15) is 9.59 Å². The summed E-state index contributed by atoms with van der Waals surface area (Å²) in [4.78, 5) is 26.6. The molecule has 2 aliphatic heterocycles. The summed E-state index contributed by atoms with van der Waals surface area (Å²) in [6, 6.07) is -0.683. The predicted molar refractivity (Wildman–Crippen MR) is 82.7 cm³/mol. The van der Waals surface area contributed by atoms with Gasteiger partial charge >= 0.3 is 0 Å². The predicted octanol–water partition coefficient (Wildman–Crippen LogP) is 2.03. The zero-order valence-electron chi connectivity index (χ0n) is 12.9. The summed E-state index contributed by atoms with van der Waals surface area (Å²) >= 11 is 1.93. The van der Waals surface area contributed by atoms with E-state index in [1.165, 1.54) is 6.42 Å². The van der Waals surface area contributed by atoms with E-state index in [-0.39, 0.29) is 28.6 Å². The third-order valence-electron chi connectivity index (χ3n) is 4.26. The van der Waals surface area contributed by atoms with Crippen molar-refractivity contribution in [2.24, 2.45) is 5.92 Å². The van der Waals surface area contributed by atoms with Crippen LogP contribution in [0.5, 0.6) is 0 Å². The second-order valence-electron chi connectivity index (χ2n) is 6.73. The van der Waals surface area contributed by atoms with E-state index in [0.717, 1.165) is 18.6 Å². The molecule has 0 radical (unpaired) electrons. The molecule has 0 saturated carbocycles. The SMILES string of the molecule is CC(C)CC1NC(=O)C(C)N(CC2(C)CCCS2)C1=O. The molecule has 3 unspecified atom stereocenters. The summed E-state index contributed by atoms with van der Waals surface area (Å²) in [5, 5.41) is 2.88. The molecule has 5 heteroatoms. The molecule has 0 aromatic rings. The molecule has 114 valence electrons. The standard InChI is InChI=1S/C15H26N2O2S/c1-10(2)8-12-14(19)17(11(3)13(18)16-12)9-15(4)6-5-7-20-15/h10-12H,5-9H2,1-4H3,(H,16,18). The molecule has 2 fully saturated rings. The molecule has 4 nitrogen and oxygen atoms in total. The van der Waals surface area contributed by atoms with Crippen LogP contribution >= 0.6 is 11.8 Å². The second-order valence-corrected chi connectivity index (χ2v) is 8.42. The third-order valence-corrected chi connectivity index (χ3v) is 5.78. The van der Waals surface area contributed by atoms with Gasteiger partial charge in [0.2, 0.25) is 11.8 Å². The molecule has 0 bridgehead atoms. The van der Waals surface area contributed by atoms with E-state index in [4.69, 9.17) is 0 Å². The number of thioether (sulfide) groups is 1. The van der Waals surface area contributed by atoms with Crippen molar-refractivity contribution in [3.05, 3.63) is 0 Å². The van der Waals surface area contributed by atoms with Crippen molar-refractivity contribution in [2.75, 3.05) is 12.3 Å². The maximum Gasteiger partial charge on any atom is 0.245 e. The zero-order chi connectivity index (χ0) is 14.9. The molecule has 0 aromatic heterocycles. The summed E-state index contributed by atoms with van der Waals surface area (Å²) in [6.07, 6.45) is 3.06. The molecule has 2 heterocycles. The van der Waals surface area contributed by atoms with E-state index in [2.05, 4.69) is 26.1 Å². The summed E-state index contributed by atoms with van der Waals surface area (Å²) in [7, 11) is 0. The third kappa shape index (κ3) is 3.30. The quantitative estimate of drug-likeness (QED) is 0.864. The van der Waals surface area contributed by atoms with E-state index < -0.39 is 0 Å². The van der Waals surface area contributed by atoms with Crippen LogP contribution < -0.4 is 5.32 Å². The monoisotopic (exact) mass is 298 g/mol. The number of rotatable bonds is 4. The average Bonchev–Trinajstić information content (AvgIpc) is 2.78. The van der Waals surface area contributed by atoms with Gasteiger partial charge in [-0.25, -0.2) is 0 Å². The zero-order valence-corrected chi connectivity index (χ0v) is 13.8. The fraction of sp³-hybridized carbons (Fsp3) is 0.867. The Bertz CT molecular complexity index is 391. The molecule has 20 heavy (non-hydrogen) atoms. The first-order valence-corrected chi connectivity index (χ1v) is 8.56. The van der Waals surface area contributed by atoms with Crippen LogP contribution in [-0.2, 0) is 9.59 Å². The molecule has 0 aromatic carbocycles. The number of hydrogen-bond acceptors (Lipinski definition) is 3. The van der Waals surface area contributed by atoms with E-state index in [0.29, 0.717) is 12.5 Å². The first-order chi connectivity index (χ1) is 9.32. The lowest BCUT2D eigenvalue weighted by molar-refractivity contribution is -0.149. The highest BCUT2D eigenvalue weighted by Crippen LogP contribution is 2.39. The lowest BCUT2D eigenvalue weighted by Gasteiger charge is -2.41. The Morgan fingerprint density at radius 1 is 1.45 bits per heavy atom. The van der Waals surface area contributed by atoms with Crippen molar-refractivity contribution in [1.29, 1.82) is 0 Å². The molecule has 2 saturated heterocycles. The van der Waals surface area contributed by atoms with E-state index >= 15 is 0 Å². The number of hydrogen-bond donors (Lipinski definition) is 1. The lowest BCUT2D eigenvalue weighted by atomic mass is 9.97. The minimum Gasteiger partial charge on any atom is -0.343 e. The van der Waals surface area contributed by atoms with Gasteiger partial charge in [0.05, 0.1) is 0 Å². The van der Waals surface area contributed by atoms with Crippen LogP contribution in [-0.4, -0.2) is 45.8 Å². The van der Waals surface area contributed by atoms with Gasteiger partial charge in [0, 0.05) is 11.3 Å². The van der Waals surface area contributed by atoms with Crippen LogP contribution in [0.3, 0.4) is 0 Å². The van der Waals surface area contributed by atoms with Crippen LogP contribution in [0.4, 0.5) is 0 Å². The maximum absolute atomic E-state index is 12.6. The molecule has 3 atom stereocenters. The fourth-order valence-corrected chi connectivity index (χ4v) is 4.36. The number of nitrogens with zero attached hydrogens (tertiary/aromatic N) is 1. The highest BCUT2D eigenvalue weighted by molar-refractivity contribution is 8.00. The van der Waals surface area contributed by atoms with Gasteiger partial charge in [-0.1, -0.05) is 13.8 Å². The first-order valence-electron chi connectivity index (χ1n) is 7.57. The molecule has 0 spiro atoms. The smallest absolute Gasteiger partial charge is 0.245 e. The Labute approximate surface area is 126 Å². The van der Waals surface area contributed by atoms with Crippen molar-refractivity contribution < 1.29 is 9.59 Å². The number of piperazine rings is 1. The van der Waals surface area contributed by atoms with Gasteiger partial charge in [-0.05, 0) is 44.8 Å². The van der Waals surface area contributed by atoms with Gasteiger partial charge in [0.15, 0.2) is 0 Å². The fourth-order valence-electron chi connectivity index (χ4n) is 3.05. The van der Waals surface area contributed by atoms with Crippen LogP contribution in [0.15, 0.2) is 0 Å². The van der Waals surface area contributed by atoms with Crippen LogP contribution in [0.2, 0.25) is 0 Å². The van der Waals surface area contributed by atoms with Gasteiger partial charge in [0.1, 0.15) is 12.1 Å². The number of nitrogens with one attached hydrogen (secondary N) is 1. The summed E-state index contributed by atoms with van der Waals surface area (Å²) < 4.78 is 0.115. The first kappa shape index (κ1) is 15.7. The Kier molecular flexibility index (Phi) is 4.67. The Hall–Kier alpha value is -0.710. The molecular weight excluding hydrogens is 272 g/mol. The highest BCUT2D eigenvalue weighted by atomic mass is 32.2. The van der Waals surface area contributed by atoms with Gasteiger partial charge in [-0.2, -0.15) is 11.8 Å². The largest absolute Gasteiger partial charge is 0.343 e. The highest BCUT2D eigenvalue weighted by Gasteiger charge is 2.42. The van der Waals surface area contributed by atoms with Crippen LogP contribution in [0.25, 0.3) is 0 Å². The Morgan fingerprint density at radius 2 is 2.15 bits per heavy atom. The lowest BCUT2D eigenvalue weighted by Crippen LogP contribution is -2.64. The van der Waals surface area contributed by atoms with Crippen molar-refractivity contribution in [1.82, 2.24) is 10.2 Å². The molecular formula is C15H26N2O2S. The van der Waals surface area contributed by atoms with Gasteiger partial charge in [0.25, 0.3) is 0 Å². The summed E-state index contributed by atoms with van der Waals surface area (Å²) in [5.41, 5.74) is 0. The summed E-state index contributed by atoms with van der Waals surface area (Å²) in [5.74, 6) is 1.64. The minimum absolute atomic E-state index is 0.0122. The van der Waals surface area contributed by atoms with Gasteiger partial charge < -0.3 is 10.2 Å². The van der Waals surface area contributed by atoms with Crippen molar-refractivity contribution in [3.63, 3.8) is 0 Å². The number of carbonyl (C=O) groups is 2. The topological polar surface area (TPSA) is 49.4 Å². The van der Waals surface area contributed by atoms with Gasteiger partial charge in [-0.15, -0.1) is 0 Å². The van der Waals surface area contributed by atoms with E-state index in [1.54, 1.807) is 0 Å². The minimum atomic E-state index is -0.344. The van der Waals surface area contributed by atoms with Crippen LogP contribution in [0.1, 0.15) is 47.0 Å². The summed E-state index contributed by atoms with van der Waals surface area (Å²) in [6.45, 7) is 8.90. The van der Waals surface area contributed by atoms with Crippen molar-refractivity contribution >= 4 is 23.6 Å². The van der Waals surface area contributed by atoms with Crippen molar-refractivity contribution in [3.8, 4) is 0 Å².